The molecule has 0 saturated carbocycles. The molecule has 1 heterocycles. The number of carbonyl (C=O) groups is 2. The van der Waals surface area contributed by atoms with Gasteiger partial charge < -0.3 is 45.1 Å². The molecule has 11 nitrogen and oxygen atoms in total. The van der Waals surface area contributed by atoms with Gasteiger partial charge in [-0.25, -0.2) is 0 Å². The highest BCUT2D eigenvalue weighted by atomic mass is 16.7. The van der Waals surface area contributed by atoms with Crippen molar-refractivity contribution in [2.75, 3.05) is 13.2 Å². The number of hydrogen-bond donors (Lipinski definition) is 6. The van der Waals surface area contributed by atoms with Crippen LogP contribution < -0.4 is 5.32 Å². The van der Waals surface area contributed by atoms with Crippen molar-refractivity contribution in [3.05, 3.63) is 146 Å². The molecule has 6 N–H and O–H groups in total. The SMILES string of the molecule is CC/C=C\C/C=C\C/C=C\C/C=C\C/C=C\C/C=C\CC(O)C(=O)NC(COC1OC(CO)C(O)C(O)C1OC(=O)CCC/C=C/C=C\C=C/C=C/C=C/CC)C(O)/C=C/CCCCCCCCCCCCC. The lowest BCUT2D eigenvalue weighted by Crippen LogP contribution is -2.61. The van der Waals surface area contributed by atoms with Gasteiger partial charge in [-0.1, -0.05) is 231 Å². The second-order valence-corrected chi connectivity index (χ2v) is 18.3. The van der Waals surface area contributed by atoms with Gasteiger partial charge in [-0.15, -0.1) is 0 Å². The number of ether oxygens (including phenoxy) is 3. The van der Waals surface area contributed by atoms with Crippen molar-refractivity contribution >= 4 is 11.9 Å². The van der Waals surface area contributed by atoms with E-state index in [1.165, 1.54) is 51.4 Å². The Morgan fingerprint density at radius 3 is 1.58 bits per heavy atom. The van der Waals surface area contributed by atoms with Crippen molar-refractivity contribution < 1.29 is 49.3 Å². The van der Waals surface area contributed by atoms with Gasteiger partial charge in [0.15, 0.2) is 12.4 Å². The molecule has 1 amide bonds. The van der Waals surface area contributed by atoms with Gasteiger partial charge in [0.1, 0.15) is 24.4 Å². The van der Waals surface area contributed by atoms with E-state index in [-0.39, 0.29) is 19.4 Å². The van der Waals surface area contributed by atoms with Gasteiger partial charge in [0.05, 0.1) is 25.4 Å². The Kier molecular flexibility index (Phi) is 44.2. The van der Waals surface area contributed by atoms with Crippen molar-refractivity contribution in [2.24, 2.45) is 0 Å². The molecule has 1 rings (SSSR count). The molecule has 1 fully saturated rings. The lowest BCUT2D eigenvalue weighted by Gasteiger charge is -2.41. The fourth-order valence-electron chi connectivity index (χ4n) is 7.52. The van der Waals surface area contributed by atoms with Crippen LogP contribution in [0.5, 0.6) is 0 Å². The lowest BCUT2D eigenvalue weighted by atomic mass is 9.99. The average Bonchev–Trinajstić information content (AvgIpc) is 3.39. The maximum absolute atomic E-state index is 13.3. The molecule has 0 aliphatic carbocycles. The Morgan fingerprint density at radius 2 is 1.04 bits per heavy atom. The monoisotopic (exact) mass is 1020 g/mol. The zero-order valence-corrected chi connectivity index (χ0v) is 44.9. The van der Waals surface area contributed by atoms with Crippen LogP contribution in [0, 0.1) is 0 Å². The second-order valence-electron chi connectivity index (χ2n) is 18.3. The van der Waals surface area contributed by atoms with Crippen LogP contribution in [-0.2, 0) is 23.8 Å². The van der Waals surface area contributed by atoms with E-state index in [0.29, 0.717) is 19.3 Å². The topological polar surface area (TPSA) is 175 Å². The number of aliphatic hydroxyl groups excluding tert-OH is 5. The minimum atomic E-state index is -1.66. The first-order valence-electron chi connectivity index (χ1n) is 27.7. The van der Waals surface area contributed by atoms with E-state index in [9.17, 15) is 35.1 Å². The maximum atomic E-state index is 13.3. The molecule has 0 bridgehead atoms. The third kappa shape index (κ3) is 37.0. The van der Waals surface area contributed by atoms with Crippen LogP contribution in [-0.4, -0.2) is 99.6 Å². The summed E-state index contributed by atoms with van der Waals surface area (Å²) in [7, 11) is 0. The number of carbonyl (C=O) groups excluding carboxylic acids is 2. The Hall–Kier alpha value is -4.46. The third-order valence-corrected chi connectivity index (χ3v) is 11.9. The van der Waals surface area contributed by atoms with E-state index < -0.39 is 67.4 Å². The molecule has 410 valence electrons. The molecule has 0 aromatic carbocycles. The minimum absolute atomic E-state index is 0.00939. The minimum Gasteiger partial charge on any atom is -0.454 e. The molecule has 0 aromatic heterocycles. The number of allylic oxidation sites excluding steroid dienone is 22. The molecule has 0 aromatic rings. The van der Waals surface area contributed by atoms with Crippen LogP contribution in [0.1, 0.15) is 168 Å². The number of esters is 1. The average molecular weight is 1020 g/mol. The molecule has 1 aliphatic rings. The largest absolute Gasteiger partial charge is 0.454 e. The summed E-state index contributed by atoms with van der Waals surface area (Å²) >= 11 is 0. The molecule has 1 aliphatic heterocycles. The maximum Gasteiger partial charge on any atom is 0.306 e. The summed E-state index contributed by atoms with van der Waals surface area (Å²) < 4.78 is 17.4. The standard InChI is InChI=1S/C62H97NO10/c1-4-7-10-13-16-19-22-25-26-27-28-29-32-34-37-40-43-46-49-55(66)61(70)63-53(54(65)48-45-42-39-36-33-30-23-20-17-14-11-8-5-2)52-71-62-60(59(69)58(68)56(51-64)72-62)73-57(67)50-47-44-41-38-35-31-24-21-18-15-12-9-6-3/h7,9-10,12,15-16,18-19,21,24-26,28-29,31,34-35,37-38,41,43,45-46,48,53-56,58-60,62,64-66,68-69H,4-6,8,11,13-14,17,20,22-23,27,30,32-33,36,39-40,42,44,47,49-52H2,1-3H3,(H,63,70)/b10-7-,12-9+,18-15+,19-16-,24-21-,26-25-,29-28-,35-31-,37-34-,41-38+,46-43-,48-45+. The molecule has 0 spiro atoms. The zero-order valence-electron chi connectivity index (χ0n) is 44.9. The van der Waals surface area contributed by atoms with Crippen LogP contribution in [0.3, 0.4) is 0 Å². The Morgan fingerprint density at radius 1 is 0.562 bits per heavy atom. The van der Waals surface area contributed by atoms with Gasteiger partial charge in [0, 0.05) is 12.8 Å². The molecule has 11 heteroatoms. The summed E-state index contributed by atoms with van der Waals surface area (Å²) in [5, 5.41) is 56.6. The molecular formula is C62H97NO10. The fraction of sp³-hybridized carbons (Fsp3) is 0.581. The molecule has 73 heavy (non-hydrogen) atoms. The van der Waals surface area contributed by atoms with Crippen LogP contribution in [0.4, 0.5) is 0 Å². The first kappa shape index (κ1) is 66.6. The highest BCUT2D eigenvalue weighted by molar-refractivity contribution is 5.81. The van der Waals surface area contributed by atoms with Gasteiger partial charge >= 0.3 is 5.97 Å². The van der Waals surface area contributed by atoms with Gasteiger partial charge in [-0.3, -0.25) is 9.59 Å². The summed E-state index contributed by atoms with van der Waals surface area (Å²) in [6.07, 6.45) is 59.2. The summed E-state index contributed by atoms with van der Waals surface area (Å²) in [4.78, 5) is 26.4. The molecule has 1 saturated heterocycles. The molecular weight excluding hydrogens is 919 g/mol. The lowest BCUT2D eigenvalue weighted by molar-refractivity contribution is -0.305. The van der Waals surface area contributed by atoms with E-state index in [2.05, 4.69) is 86.8 Å². The van der Waals surface area contributed by atoms with Crippen molar-refractivity contribution in [3.8, 4) is 0 Å². The van der Waals surface area contributed by atoms with E-state index >= 15 is 0 Å². The van der Waals surface area contributed by atoms with Crippen LogP contribution in [0.15, 0.2) is 146 Å². The summed E-state index contributed by atoms with van der Waals surface area (Å²) in [5.74, 6) is -1.38. The van der Waals surface area contributed by atoms with Crippen molar-refractivity contribution in [1.82, 2.24) is 5.32 Å². The van der Waals surface area contributed by atoms with Crippen LogP contribution >= 0.6 is 0 Å². The normalized spacial score (nSPS) is 20.6. The molecule has 8 unspecified atom stereocenters. The van der Waals surface area contributed by atoms with E-state index in [0.717, 1.165) is 64.2 Å². The highest BCUT2D eigenvalue weighted by Gasteiger charge is 2.47. The molecule has 8 atom stereocenters. The summed E-state index contributed by atoms with van der Waals surface area (Å²) in [6.45, 7) is 5.40. The Balaban J connectivity index is 2.87. The van der Waals surface area contributed by atoms with E-state index in [1.54, 1.807) is 12.2 Å². The molecule has 0 radical (unpaired) electrons. The number of nitrogens with one attached hydrogen (secondary N) is 1. The first-order chi connectivity index (χ1) is 35.7. The summed E-state index contributed by atoms with van der Waals surface area (Å²) in [6, 6.07) is -1.09. The van der Waals surface area contributed by atoms with Crippen molar-refractivity contribution in [2.45, 2.75) is 217 Å². The van der Waals surface area contributed by atoms with Gasteiger partial charge in [0.25, 0.3) is 0 Å². The predicted octanol–water partition coefficient (Wildman–Crippen LogP) is 12.3. The number of amides is 1. The fourth-order valence-corrected chi connectivity index (χ4v) is 7.52. The number of aliphatic hydroxyl groups is 5. The van der Waals surface area contributed by atoms with Gasteiger partial charge in [-0.2, -0.15) is 0 Å². The van der Waals surface area contributed by atoms with E-state index in [1.807, 2.05) is 72.9 Å². The Labute approximate surface area is 441 Å². The van der Waals surface area contributed by atoms with Crippen molar-refractivity contribution in [1.29, 1.82) is 0 Å². The smallest absolute Gasteiger partial charge is 0.306 e. The first-order valence-corrected chi connectivity index (χ1v) is 27.7. The van der Waals surface area contributed by atoms with Crippen LogP contribution in [0.2, 0.25) is 0 Å². The quantitative estimate of drug-likeness (QED) is 0.0149. The highest BCUT2D eigenvalue weighted by Crippen LogP contribution is 2.26. The van der Waals surface area contributed by atoms with E-state index in [4.69, 9.17) is 14.2 Å². The number of rotatable bonds is 43. The van der Waals surface area contributed by atoms with Gasteiger partial charge in [0.2, 0.25) is 5.91 Å². The van der Waals surface area contributed by atoms with Gasteiger partial charge in [-0.05, 0) is 70.6 Å². The van der Waals surface area contributed by atoms with Crippen LogP contribution in [0.25, 0.3) is 0 Å². The van der Waals surface area contributed by atoms with Crippen molar-refractivity contribution in [3.63, 3.8) is 0 Å². The Bertz CT molecular complexity index is 1730. The third-order valence-electron chi connectivity index (χ3n) is 11.9. The summed E-state index contributed by atoms with van der Waals surface area (Å²) in [5.41, 5.74) is 0. The zero-order chi connectivity index (χ0) is 53.3. The predicted molar refractivity (Wildman–Crippen MR) is 300 cm³/mol. The number of unbranched alkanes of at least 4 members (excludes halogenated alkanes) is 12. The second kappa shape index (κ2) is 48.5. The number of hydrogen-bond acceptors (Lipinski definition) is 10.